The lowest BCUT2D eigenvalue weighted by Gasteiger charge is -2.08. The fourth-order valence-electron chi connectivity index (χ4n) is 1.34. The van der Waals surface area contributed by atoms with Gasteiger partial charge in [-0.2, -0.15) is 0 Å². The highest BCUT2D eigenvalue weighted by Gasteiger charge is 2.32. The number of carbonyl (C=O) groups excluding carboxylic acids is 1. The van der Waals surface area contributed by atoms with Crippen LogP contribution in [0, 0.1) is 10.1 Å². The number of nitrogens with zero attached hydrogens (tertiary/aromatic N) is 2. The summed E-state index contributed by atoms with van der Waals surface area (Å²) in [5.74, 6) is -2.57. The number of pyridine rings is 1. The van der Waals surface area contributed by atoms with E-state index in [1.165, 1.54) is 6.92 Å². The Balaban J connectivity index is 3.44. The average Bonchev–Trinajstić information content (AvgIpc) is 2.36. The molecule has 0 N–H and O–H groups in total. The first kappa shape index (κ1) is 14.7. The van der Waals surface area contributed by atoms with Crippen LogP contribution in [0.5, 0.6) is 5.75 Å². The molecular weight excluding hydrogens is 266 g/mol. The van der Waals surface area contributed by atoms with Crippen molar-refractivity contribution < 1.29 is 28.0 Å². The van der Waals surface area contributed by atoms with Crippen LogP contribution in [0.4, 0.5) is 14.6 Å². The van der Waals surface area contributed by atoms with Gasteiger partial charge in [-0.05, 0) is 16.8 Å². The Morgan fingerprint density at radius 1 is 1.58 bits per heavy atom. The lowest BCUT2D eigenvalue weighted by atomic mass is 10.2. The maximum Gasteiger partial charge on any atom is 0.383 e. The quantitative estimate of drug-likeness (QED) is 0.464. The van der Waals surface area contributed by atoms with Crippen molar-refractivity contribution >= 4 is 11.8 Å². The molecule has 0 radical (unpaired) electrons. The third-order valence-electron chi connectivity index (χ3n) is 2.10. The second-order valence-corrected chi connectivity index (χ2v) is 3.23. The lowest BCUT2D eigenvalue weighted by molar-refractivity contribution is -0.391. The van der Waals surface area contributed by atoms with E-state index < -0.39 is 40.1 Å². The molecule has 0 amide bonds. The third kappa shape index (κ3) is 3.12. The number of halogens is 2. The van der Waals surface area contributed by atoms with Crippen molar-refractivity contribution in [3.63, 3.8) is 0 Å². The molecular formula is C10H10F2N2O5. The highest BCUT2D eigenvalue weighted by atomic mass is 19.3. The molecule has 0 bridgehead atoms. The molecule has 1 aromatic heterocycles. The molecule has 7 nitrogen and oxygen atoms in total. The number of nitro groups is 1. The van der Waals surface area contributed by atoms with Gasteiger partial charge in [0.05, 0.1) is 13.7 Å². The van der Waals surface area contributed by atoms with E-state index >= 15 is 0 Å². The van der Waals surface area contributed by atoms with Gasteiger partial charge in [-0.25, -0.2) is 13.6 Å². The minimum Gasteiger partial charge on any atom is -0.496 e. The molecule has 0 saturated carbocycles. The lowest BCUT2D eigenvalue weighted by Crippen LogP contribution is -2.11. The summed E-state index contributed by atoms with van der Waals surface area (Å²) in [6.07, 6.45) is -3.15. The zero-order valence-electron chi connectivity index (χ0n) is 10.1. The van der Waals surface area contributed by atoms with Crippen molar-refractivity contribution in [1.82, 2.24) is 4.98 Å². The fraction of sp³-hybridized carbons (Fsp3) is 0.400. The van der Waals surface area contributed by atoms with Crippen LogP contribution in [0.3, 0.4) is 0 Å². The minimum atomic E-state index is -3.15. The summed E-state index contributed by atoms with van der Waals surface area (Å²) in [4.78, 5) is 24.3. The third-order valence-corrected chi connectivity index (χ3v) is 2.10. The second-order valence-electron chi connectivity index (χ2n) is 3.23. The van der Waals surface area contributed by atoms with Gasteiger partial charge in [0, 0.05) is 6.07 Å². The molecule has 0 unspecified atom stereocenters. The molecule has 1 rings (SSSR count). The van der Waals surface area contributed by atoms with Crippen molar-refractivity contribution in [3.05, 3.63) is 27.4 Å². The van der Waals surface area contributed by atoms with E-state index in [4.69, 9.17) is 0 Å². The van der Waals surface area contributed by atoms with Crippen LogP contribution in [0.15, 0.2) is 6.07 Å². The van der Waals surface area contributed by atoms with E-state index in [0.29, 0.717) is 0 Å². The van der Waals surface area contributed by atoms with Gasteiger partial charge in [0.25, 0.3) is 12.1 Å². The summed E-state index contributed by atoms with van der Waals surface area (Å²) in [5.41, 5.74) is -1.43. The van der Waals surface area contributed by atoms with Gasteiger partial charge in [0.15, 0.2) is 5.56 Å². The number of hydrogen-bond acceptors (Lipinski definition) is 6. The first-order valence-electron chi connectivity index (χ1n) is 5.10. The smallest absolute Gasteiger partial charge is 0.383 e. The van der Waals surface area contributed by atoms with Crippen LogP contribution < -0.4 is 4.74 Å². The summed E-state index contributed by atoms with van der Waals surface area (Å²) in [7, 11) is 1.06. The van der Waals surface area contributed by atoms with Crippen molar-refractivity contribution in [2.45, 2.75) is 13.3 Å². The molecule has 0 aliphatic rings. The van der Waals surface area contributed by atoms with Crippen LogP contribution in [-0.4, -0.2) is 29.6 Å². The van der Waals surface area contributed by atoms with Crippen molar-refractivity contribution in [2.75, 3.05) is 13.7 Å². The van der Waals surface area contributed by atoms with Gasteiger partial charge in [0.1, 0.15) is 5.75 Å². The molecule has 9 heteroatoms. The fourth-order valence-corrected chi connectivity index (χ4v) is 1.34. The van der Waals surface area contributed by atoms with Crippen molar-refractivity contribution in [1.29, 1.82) is 0 Å². The molecule has 0 fully saturated rings. The Morgan fingerprint density at radius 2 is 2.21 bits per heavy atom. The number of carbonyl (C=O) groups is 1. The summed E-state index contributed by atoms with van der Waals surface area (Å²) in [5, 5.41) is 10.7. The molecule has 104 valence electrons. The van der Waals surface area contributed by atoms with E-state index in [1.807, 2.05) is 0 Å². The Morgan fingerprint density at radius 3 is 2.63 bits per heavy atom. The number of methoxy groups -OCH3 is 1. The van der Waals surface area contributed by atoms with Gasteiger partial charge in [-0.3, -0.25) is 0 Å². The van der Waals surface area contributed by atoms with Crippen LogP contribution in [0.1, 0.15) is 29.4 Å². The monoisotopic (exact) mass is 276 g/mol. The summed E-state index contributed by atoms with van der Waals surface area (Å²) in [6.45, 7) is 1.55. The highest BCUT2D eigenvalue weighted by molar-refractivity contribution is 5.88. The Hall–Kier alpha value is -2.32. The van der Waals surface area contributed by atoms with E-state index in [1.54, 1.807) is 0 Å². The SMILES string of the molecule is CCOC(=O)c1cc(OC)c(C(F)F)c([N+](=O)[O-])n1. The molecule has 0 saturated heterocycles. The molecule has 19 heavy (non-hydrogen) atoms. The zero-order chi connectivity index (χ0) is 14.6. The standard InChI is InChI=1S/C10H10F2N2O5/c1-3-19-10(15)5-4-6(18-2)7(8(11)12)9(13-5)14(16)17/h4,8H,3H2,1-2H3. The summed E-state index contributed by atoms with van der Waals surface area (Å²) < 4.78 is 34.8. The van der Waals surface area contributed by atoms with Crippen molar-refractivity contribution in [3.8, 4) is 5.75 Å². The second kappa shape index (κ2) is 6.03. The molecule has 0 spiro atoms. The molecule has 1 heterocycles. The molecule has 0 aromatic carbocycles. The number of ether oxygens (including phenoxy) is 2. The maximum atomic E-state index is 12.8. The number of alkyl halides is 2. The molecule has 0 aliphatic carbocycles. The number of esters is 1. The van der Waals surface area contributed by atoms with Gasteiger partial charge in [-0.1, -0.05) is 0 Å². The van der Waals surface area contributed by atoms with Gasteiger partial charge >= 0.3 is 11.8 Å². The first-order valence-corrected chi connectivity index (χ1v) is 5.10. The van der Waals surface area contributed by atoms with Gasteiger partial charge in [0.2, 0.25) is 0 Å². The van der Waals surface area contributed by atoms with Gasteiger partial charge in [-0.15, -0.1) is 0 Å². The Kier molecular flexibility index (Phi) is 4.67. The first-order chi connectivity index (χ1) is 8.92. The number of rotatable bonds is 5. The summed E-state index contributed by atoms with van der Waals surface area (Å²) >= 11 is 0. The Bertz CT molecular complexity index is 507. The topological polar surface area (TPSA) is 91.6 Å². The van der Waals surface area contributed by atoms with E-state index in [0.717, 1.165) is 13.2 Å². The van der Waals surface area contributed by atoms with Crippen LogP contribution >= 0.6 is 0 Å². The minimum absolute atomic E-state index is 0.0211. The predicted octanol–water partition coefficient (Wildman–Crippen LogP) is 2.11. The van der Waals surface area contributed by atoms with E-state index in [-0.39, 0.29) is 6.61 Å². The van der Waals surface area contributed by atoms with Crippen LogP contribution in [0.2, 0.25) is 0 Å². The molecule has 0 atom stereocenters. The average molecular weight is 276 g/mol. The number of aromatic nitrogens is 1. The van der Waals surface area contributed by atoms with Gasteiger partial charge < -0.3 is 19.6 Å². The molecule has 1 aromatic rings. The van der Waals surface area contributed by atoms with E-state index in [9.17, 15) is 23.7 Å². The number of hydrogen-bond donors (Lipinski definition) is 0. The van der Waals surface area contributed by atoms with E-state index in [2.05, 4.69) is 14.5 Å². The van der Waals surface area contributed by atoms with Crippen molar-refractivity contribution in [2.24, 2.45) is 0 Å². The Labute approximate surface area is 106 Å². The molecule has 0 aliphatic heterocycles. The highest BCUT2D eigenvalue weighted by Crippen LogP contribution is 2.36. The maximum absolute atomic E-state index is 12.8. The largest absolute Gasteiger partial charge is 0.496 e. The van der Waals surface area contributed by atoms with Crippen LogP contribution in [0.25, 0.3) is 0 Å². The predicted molar refractivity (Wildman–Crippen MR) is 58.4 cm³/mol. The summed E-state index contributed by atoms with van der Waals surface area (Å²) in [6, 6.07) is 0.881. The normalized spacial score (nSPS) is 10.4. The zero-order valence-corrected chi connectivity index (χ0v) is 10.1. The van der Waals surface area contributed by atoms with Crippen LogP contribution in [-0.2, 0) is 4.74 Å².